The molecule has 1 amide bonds. The Bertz CT molecular complexity index is 360. The van der Waals surface area contributed by atoms with E-state index in [2.05, 4.69) is 10.1 Å². The largest absolute Gasteiger partial charge is 0.344 e. The number of nitrogens with zero attached hydrogens (tertiary/aromatic N) is 4. The molecule has 0 saturated carbocycles. The molecule has 6 nitrogen and oxygen atoms in total. The molecule has 1 aromatic heterocycles. The molecule has 0 aromatic carbocycles. The number of amides is 1. The van der Waals surface area contributed by atoms with E-state index in [-0.39, 0.29) is 12.5 Å². The minimum absolute atomic E-state index is 0.0291. The van der Waals surface area contributed by atoms with Crippen molar-refractivity contribution in [3.05, 3.63) is 11.6 Å². The molecule has 2 N–H and O–H groups in total. The van der Waals surface area contributed by atoms with Crippen molar-refractivity contribution < 1.29 is 4.79 Å². The average molecular weight is 225 g/mol. The van der Waals surface area contributed by atoms with E-state index in [1.165, 1.54) is 0 Å². The normalized spacial score (nSPS) is 10.5. The van der Waals surface area contributed by atoms with Gasteiger partial charge >= 0.3 is 0 Å². The third kappa shape index (κ3) is 3.30. The SMILES string of the molecule is Cc1nc(C)n(CC(=O)N(C)CCCN)n1. The maximum absolute atomic E-state index is 11.8. The lowest BCUT2D eigenvalue weighted by Gasteiger charge is -2.16. The Morgan fingerprint density at radius 2 is 2.19 bits per heavy atom. The highest BCUT2D eigenvalue weighted by Crippen LogP contribution is 1.98. The van der Waals surface area contributed by atoms with Gasteiger partial charge in [-0.15, -0.1) is 0 Å². The summed E-state index contributed by atoms with van der Waals surface area (Å²) in [6.07, 6.45) is 0.817. The van der Waals surface area contributed by atoms with Gasteiger partial charge in [0.2, 0.25) is 5.91 Å². The Kier molecular flexibility index (Phi) is 4.42. The number of carbonyl (C=O) groups excluding carboxylic acids is 1. The highest BCUT2D eigenvalue weighted by Gasteiger charge is 2.11. The van der Waals surface area contributed by atoms with Gasteiger partial charge in [-0.25, -0.2) is 9.67 Å². The number of carbonyl (C=O) groups is 1. The first-order chi connectivity index (χ1) is 7.54. The standard InChI is InChI=1S/C10H19N5O/c1-8-12-9(2)15(13-8)7-10(16)14(3)6-4-5-11/h4-7,11H2,1-3H3. The quantitative estimate of drug-likeness (QED) is 0.746. The Morgan fingerprint density at radius 1 is 1.50 bits per heavy atom. The zero-order valence-electron chi connectivity index (χ0n) is 10.1. The number of aryl methyl sites for hydroxylation is 2. The topological polar surface area (TPSA) is 77.0 Å². The molecule has 0 aliphatic heterocycles. The molecule has 0 radical (unpaired) electrons. The minimum atomic E-state index is 0.0291. The van der Waals surface area contributed by atoms with Crippen LogP contribution in [0.25, 0.3) is 0 Å². The molecule has 1 rings (SSSR count). The molecule has 0 bridgehead atoms. The Hall–Kier alpha value is -1.43. The molecule has 0 spiro atoms. The molecule has 6 heteroatoms. The van der Waals surface area contributed by atoms with Crippen LogP contribution in [0, 0.1) is 13.8 Å². The Labute approximate surface area is 95.4 Å². The first-order valence-electron chi connectivity index (χ1n) is 5.36. The maximum Gasteiger partial charge on any atom is 0.244 e. The molecule has 0 saturated heterocycles. The molecular formula is C10H19N5O. The van der Waals surface area contributed by atoms with Gasteiger partial charge < -0.3 is 10.6 Å². The van der Waals surface area contributed by atoms with Gasteiger partial charge in [-0.3, -0.25) is 4.79 Å². The number of hydrogen-bond donors (Lipinski definition) is 1. The van der Waals surface area contributed by atoms with Crippen molar-refractivity contribution >= 4 is 5.91 Å². The van der Waals surface area contributed by atoms with Crippen LogP contribution in [0.15, 0.2) is 0 Å². The Morgan fingerprint density at radius 3 is 2.69 bits per heavy atom. The molecule has 90 valence electrons. The van der Waals surface area contributed by atoms with Crippen molar-refractivity contribution in [2.75, 3.05) is 20.1 Å². The zero-order chi connectivity index (χ0) is 12.1. The molecule has 16 heavy (non-hydrogen) atoms. The van der Waals surface area contributed by atoms with Gasteiger partial charge in [-0.2, -0.15) is 5.10 Å². The average Bonchev–Trinajstić information content (AvgIpc) is 2.53. The predicted molar refractivity (Wildman–Crippen MR) is 60.8 cm³/mol. The summed E-state index contributed by atoms with van der Waals surface area (Å²) in [4.78, 5) is 17.6. The van der Waals surface area contributed by atoms with Crippen LogP contribution in [0.4, 0.5) is 0 Å². The van der Waals surface area contributed by atoms with Crippen LogP contribution < -0.4 is 5.73 Å². The van der Waals surface area contributed by atoms with Crippen LogP contribution >= 0.6 is 0 Å². The number of likely N-dealkylation sites (N-methyl/N-ethyl adjacent to an activating group) is 1. The summed E-state index contributed by atoms with van der Waals surface area (Å²) in [5, 5.41) is 4.15. The van der Waals surface area contributed by atoms with E-state index >= 15 is 0 Å². The molecule has 1 aromatic rings. The van der Waals surface area contributed by atoms with Gasteiger partial charge in [0.15, 0.2) is 0 Å². The fraction of sp³-hybridized carbons (Fsp3) is 0.700. The second-order valence-electron chi connectivity index (χ2n) is 3.82. The third-order valence-electron chi connectivity index (χ3n) is 2.37. The fourth-order valence-electron chi connectivity index (χ4n) is 1.41. The molecule has 0 unspecified atom stereocenters. The van der Waals surface area contributed by atoms with Crippen molar-refractivity contribution in [3.8, 4) is 0 Å². The molecule has 0 fully saturated rings. The lowest BCUT2D eigenvalue weighted by Crippen LogP contribution is -2.32. The van der Waals surface area contributed by atoms with Crippen molar-refractivity contribution in [1.29, 1.82) is 0 Å². The van der Waals surface area contributed by atoms with Gasteiger partial charge in [-0.05, 0) is 26.8 Å². The van der Waals surface area contributed by atoms with Crippen LogP contribution in [-0.2, 0) is 11.3 Å². The minimum Gasteiger partial charge on any atom is -0.344 e. The summed E-state index contributed by atoms with van der Waals surface area (Å²) in [6.45, 7) is 5.17. The van der Waals surface area contributed by atoms with E-state index in [9.17, 15) is 4.79 Å². The van der Waals surface area contributed by atoms with Crippen molar-refractivity contribution in [3.63, 3.8) is 0 Å². The molecule has 0 aliphatic carbocycles. The van der Waals surface area contributed by atoms with Crippen LogP contribution in [0.3, 0.4) is 0 Å². The summed E-state index contributed by atoms with van der Waals surface area (Å²) in [5.74, 6) is 1.48. The van der Waals surface area contributed by atoms with Gasteiger partial charge in [0.1, 0.15) is 18.2 Å². The van der Waals surface area contributed by atoms with E-state index in [0.717, 1.165) is 12.2 Å². The van der Waals surface area contributed by atoms with E-state index in [4.69, 9.17) is 5.73 Å². The van der Waals surface area contributed by atoms with E-state index < -0.39 is 0 Å². The predicted octanol–water partition coefficient (Wildman–Crippen LogP) is -0.298. The maximum atomic E-state index is 11.8. The van der Waals surface area contributed by atoms with Gasteiger partial charge in [0.05, 0.1) is 0 Å². The fourth-order valence-corrected chi connectivity index (χ4v) is 1.41. The smallest absolute Gasteiger partial charge is 0.244 e. The second-order valence-corrected chi connectivity index (χ2v) is 3.82. The first-order valence-corrected chi connectivity index (χ1v) is 5.36. The lowest BCUT2D eigenvalue weighted by molar-refractivity contribution is -0.130. The van der Waals surface area contributed by atoms with Crippen LogP contribution in [0.2, 0.25) is 0 Å². The highest BCUT2D eigenvalue weighted by molar-refractivity contribution is 5.75. The van der Waals surface area contributed by atoms with E-state index in [1.54, 1.807) is 16.6 Å². The number of hydrogen-bond acceptors (Lipinski definition) is 4. The summed E-state index contributed by atoms with van der Waals surface area (Å²) in [7, 11) is 1.77. The number of rotatable bonds is 5. The first kappa shape index (κ1) is 12.6. The lowest BCUT2D eigenvalue weighted by atomic mass is 10.4. The molecule has 1 heterocycles. The number of nitrogens with two attached hydrogens (primary N) is 1. The third-order valence-corrected chi connectivity index (χ3v) is 2.37. The van der Waals surface area contributed by atoms with Crippen molar-refractivity contribution in [2.45, 2.75) is 26.8 Å². The summed E-state index contributed by atoms with van der Waals surface area (Å²) < 4.78 is 1.62. The van der Waals surface area contributed by atoms with Gasteiger partial charge in [0, 0.05) is 13.6 Å². The summed E-state index contributed by atoms with van der Waals surface area (Å²) in [5.41, 5.74) is 5.39. The van der Waals surface area contributed by atoms with E-state index in [0.29, 0.717) is 18.9 Å². The van der Waals surface area contributed by atoms with E-state index in [1.807, 2.05) is 13.8 Å². The van der Waals surface area contributed by atoms with Gasteiger partial charge in [0.25, 0.3) is 0 Å². The van der Waals surface area contributed by atoms with Crippen LogP contribution in [-0.4, -0.2) is 45.7 Å². The number of aromatic nitrogens is 3. The molecule has 0 aliphatic rings. The second kappa shape index (κ2) is 5.60. The monoisotopic (exact) mass is 225 g/mol. The van der Waals surface area contributed by atoms with Crippen LogP contribution in [0.5, 0.6) is 0 Å². The molecular weight excluding hydrogens is 206 g/mol. The zero-order valence-corrected chi connectivity index (χ0v) is 10.1. The van der Waals surface area contributed by atoms with Crippen LogP contribution in [0.1, 0.15) is 18.1 Å². The van der Waals surface area contributed by atoms with Gasteiger partial charge in [-0.1, -0.05) is 0 Å². The van der Waals surface area contributed by atoms with Crippen molar-refractivity contribution in [2.24, 2.45) is 5.73 Å². The highest BCUT2D eigenvalue weighted by atomic mass is 16.2. The summed E-state index contributed by atoms with van der Waals surface area (Å²) >= 11 is 0. The molecule has 0 atom stereocenters. The Balaban J connectivity index is 2.53. The summed E-state index contributed by atoms with van der Waals surface area (Å²) in [6, 6.07) is 0. The van der Waals surface area contributed by atoms with Crippen molar-refractivity contribution in [1.82, 2.24) is 19.7 Å².